The lowest BCUT2D eigenvalue weighted by atomic mass is 9.78. The summed E-state index contributed by atoms with van der Waals surface area (Å²) in [6.07, 6.45) is 4.93. The smallest absolute Gasteiger partial charge is 0.338 e. The maximum absolute atomic E-state index is 12.5. The van der Waals surface area contributed by atoms with Crippen molar-refractivity contribution in [3.63, 3.8) is 0 Å². The van der Waals surface area contributed by atoms with Gasteiger partial charge in [-0.15, -0.1) is 0 Å². The van der Waals surface area contributed by atoms with Crippen LogP contribution in [0.15, 0.2) is 29.2 Å². The Labute approximate surface area is 172 Å². The lowest BCUT2D eigenvalue weighted by Gasteiger charge is -2.34. The quantitative estimate of drug-likeness (QED) is 0.711. The van der Waals surface area contributed by atoms with Crippen LogP contribution in [-0.2, 0) is 19.6 Å². The average molecular weight is 423 g/mol. The Morgan fingerprint density at radius 1 is 1.07 bits per heavy atom. The first kappa shape index (κ1) is 21.8. The van der Waals surface area contributed by atoms with Crippen molar-refractivity contribution in [2.24, 2.45) is 11.8 Å². The fraction of sp³-hybridized carbons (Fsp3) is 0.619. The Balaban J connectivity index is 1.52. The number of carbonyl (C=O) groups is 2. The second-order valence-corrected chi connectivity index (χ2v) is 10.1. The molecule has 0 spiro atoms. The van der Waals surface area contributed by atoms with E-state index < -0.39 is 16.0 Å². The van der Waals surface area contributed by atoms with Crippen molar-refractivity contribution in [1.82, 2.24) is 9.62 Å². The van der Waals surface area contributed by atoms with Crippen LogP contribution >= 0.6 is 0 Å². The highest BCUT2D eigenvalue weighted by molar-refractivity contribution is 7.89. The molecule has 8 heteroatoms. The second kappa shape index (κ2) is 9.26. The molecule has 0 radical (unpaired) electrons. The van der Waals surface area contributed by atoms with Gasteiger partial charge in [0.25, 0.3) is 5.91 Å². The van der Waals surface area contributed by atoms with Gasteiger partial charge in [-0.3, -0.25) is 4.79 Å². The number of esters is 1. The molecule has 0 aromatic heterocycles. The lowest BCUT2D eigenvalue weighted by Crippen LogP contribution is -2.45. The summed E-state index contributed by atoms with van der Waals surface area (Å²) >= 11 is 0. The summed E-state index contributed by atoms with van der Waals surface area (Å²) in [5.41, 5.74) is 0.220. The number of sulfonamides is 1. The molecule has 1 N–H and O–H groups in total. The third-order valence-electron chi connectivity index (χ3n) is 6.18. The van der Waals surface area contributed by atoms with Crippen LogP contribution < -0.4 is 5.32 Å². The van der Waals surface area contributed by atoms with Gasteiger partial charge in [0.05, 0.1) is 10.5 Å². The van der Waals surface area contributed by atoms with Crippen LogP contribution in [0, 0.1) is 11.8 Å². The normalized spacial score (nSPS) is 25.5. The van der Waals surface area contributed by atoms with Gasteiger partial charge in [0.2, 0.25) is 10.0 Å². The van der Waals surface area contributed by atoms with Crippen molar-refractivity contribution in [2.75, 3.05) is 19.7 Å². The van der Waals surface area contributed by atoms with E-state index in [1.165, 1.54) is 35.0 Å². The first-order chi connectivity index (χ1) is 13.8. The molecule has 29 heavy (non-hydrogen) atoms. The van der Waals surface area contributed by atoms with E-state index in [0.29, 0.717) is 24.9 Å². The van der Waals surface area contributed by atoms with Crippen molar-refractivity contribution in [3.8, 4) is 0 Å². The zero-order chi connectivity index (χ0) is 21.0. The fourth-order valence-corrected chi connectivity index (χ4v) is 5.61. The van der Waals surface area contributed by atoms with Gasteiger partial charge in [-0.05, 0) is 55.4 Å². The Kier molecular flexibility index (Phi) is 6.95. The van der Waals surface area contributed by atoms with E-state index in [4.69, 9.17) is 4.74 Å². The molecule has 1 saturated heterocycles. The average Bonchev–Trinajstić information content (AvgIpc) is 3.25. The lowest BCUT2D eigenvalue weighted by molar-refractivity contribution is -0.125. The summed E-state index contributed by atoms with van der Waals surface area (Å²) in [6, 6.07) is 5.78. The van der Waals surface area contributed by atoms with Gasteiger partial charge in [0.1, 0.15) is 0 Å². The molecule has 2 aliphatic rings. The molecule has 160 valence electrons. The molecule has 1 heterocycles. The largest absolute Gasteiger partial charge is 0.452 e. The Bertz CT molecular complexity index is 831. The number of amides is 1. The molecular weight excluding hydrogens is 392 g/mol. The second-order valence-electron chi connectivity index (χ2n) is 8.15. The SMILES string of the molecule is CC1CCCC(NC(=O)COC(=O)c2ccc(S(=O)(=O)N3CCCC3)cc2)C1C. The van der Waals surface area contributed by atoms with Gasteiger partial charge >= 0.3 is 5.97 Å². The first-order valence-electron chi connectivity index (χ1n) is 10.4. The molecule has 1 amide bonds. The van der Waals surface area contributed by atoms with Gasteiger partial charge in [-0.1, -0.05) is 26.7 Å². The highest BCUT2D eigenvalue weighted by atomic mass is 32.2. The predicted octanol–water partition coefficient (Wildman–Crippen LogP) is 2.57. The maximum atomic E-state index is 12.5. The molecule has 1 aliphatic carbocycles. The summed E-state index contributed by atoms with van der Waals surface area (Å²) in [7, 11) is -3.52. The number of nitrogens with one attached hydrogen (secondary N) is 1. The van der Waals surface area contributed by atoms with Crippen LogP contribution in [0.4, 0.5) is 0 Å². The minimum Gasteiger partial charge on any atom is -0.452 e. The van der Waals surface area contributed by atoms with Gasteiger partial charge < -0.3 is 10.1 Å². The minimum atomic E-state index is -3.52. The monoisotopic (exact) mass is 422 g/mol. The van der Waals surface area contributed by atoms with Gasteiger partial charge in [-0.2, -0.15) is 4.31 Å². The predicted molar refractivity (Wildman–Crippen MR) is 109 cm³/mol. The molecule has 3 atom stereocenters. The van der Waals surface area contributed by atoms with Crippen LogP contribution in [0.25, 0.3) is 0 Å². The van der Waals surface area contributed by atoms with E-state index in [1.54, 1.807) is 0 Å². The third-order valence-corrected chi connectivity index (χ3v) is 8.09. The Morgan fingerprint density at radius 2 is 1.72 bits per heavy atom. The van der Waals surface area contributed by atoms with Crippen molar-refractivity contribution >= 4 is 21.9 Å². The van der Waals surface area contributed by atoms with Crippen molar-refractivity contribution in [2.45, 2.75) is 56.9 Å². The zero-order valence-electron chi connectivity index (χ0n) is 17.1. The molecule has 1 aliphatic heterocycles. The van der Waals surface area contributed by atoms with Gasteiger partial charge in [-0.25, -0.2) is 13.2 Å². The number of rotatable bonds is 6. The summed E-state index contributed by atoms with van der Waals surface area (Å²) < 4.78 is 31.6. The van der Waals surface area contributed by atoms with Crippen molar-refractivity contribution < 1.29 is 22.7 Å². The van der Waals surface area contributed by atoms with Crippen molar-refractivity contribution in [3.05, 3.63) is 29.8 Å². The molecular formula is C21H30N2O5S. The van der Waals surface area contributed by atoms with E-state index >= 15 is 0 Å². The van der Waals surface area contributed by atoms with E-state index in [-0.39, 0.29) is 29.0 Å². The first-order valence-corrected chi connectivity index (χ1v) is 11.8. The van der Waals surface area contributed by atoms with E-state index in [1.807, 2.05) is 0 Å². The molecule has 0 bridgehead atoms. The summed E-state index contributed by atoms with van der Waals surface area (Å²) in [4.78, 5) is 24.5. The van der Waals surface area contributed by atoms with Crippen molar-refractivity contribution in [1.29, 1.82) is 0 Å². The summed E-state index contributed by atoms with van der Waals surface area (Å²) in [5.74, 6) is 0.00770. The number of carbonyl (C=O) groups excluding carboxylic acids is 2. The number of nitrogens with zero attached hydrogens (tertiary/aromatic N) is 1. The molecule has 2 fully saturated rings. The highest BCUT2D eigenvalue weighted by Crippen LogP contribution is 2.29. The molecule has 3 rings (SSSR count). The molecule has 3 unspecified atom stereocenters. The molecule has 1 saturated carbocycles. The number of hydrogen-bond donors (Lipinski definition) is 1. The number of ether oxygens (including phenoxy) is 1. The van der Waals surface area contributed by atoms with E-state index in [0.717, 1.165) is 25.7 Å². The standard InChI is InChI=1S/C21H30N2O5S/c1-15-6-5-7-19(16(15)2)22-20(24)14-28-21(25)17-8-10-18(11-9-17)29(26,27)23-12-3-4-13-23/h8-11,15-16,19H,3-7,12-14H2,1-2H3,(H,22,24). The topological polar surface area (TPSA) is 92.8 Å². The van der Waals surface area contributed by atoms with Crippen LogP contribution in [0.3, 0.4) is 0 Å². The molecule has 1 aromatic rings. The van der Waals surface area contributed by atoms with E-state index in [9.17, 15) is 18.0 Å². The van der Waals surface area contributed by atoms with Crippen LogP contribution in [0.1, 0.15) is 56.3 Å². The summed E-state index contributed by atoms with van der Waals surface area (Å²) in [5, 5.41) is 2.97. The van der Waals surface area contributed by atoms with Gasteiger partial charge in [0.15, 0.2) is 6.61 Å². The third kappa shape index (κ3) is 5.17. The number of hydrogen-bond acceptors (Lipinski definition) is 5. The molecule has 7 nitrogen and oxygen atoms in total. The van der Waals surface area contributed by atoms with Gasteiger partial charge in [0, 0.05) is 19.1 Å². The minimum absolute atomic E-state index is 0.111. The Morgan fingerprint density at radius 3 is 2.38 bits per heavy atom. The summed E-state index contributed by atoms with van der Waals surface area (Å²) in [6.45, 7) is 5.04. The Hall–Kier alpha value is -1.93. The fourth-order valence-electron chi connectivity index (χ4n) is 4.09. The number of benzene rings is 1. The van der Waals surface area contributed by atoms with Crippen LogP contribution in [0.2, 0.25) is 0 Å². The van der Waals surface area contributed by atoms with E-state index in [2.05, 4.69) is 19.2 Å². The maximum Gasteiger partial charge on any atom is 0.338 e. The highest BCUT2D eigenvalue weighted by Gasteiger charge is 2.29. The zero-order valence-corrected chi connectivity index (χ0v) is 17.9. The van der Waals surface area contributed by atoms with Crippen LogP contribution in [-0.4, -0.2) is 50.3 Å². The van der Waals surface area contributed by atoms with Crippen LogP contribution in [0.5, 0.6) is 0 Å². The molecule has 1 aromatic carbocycles.